The molecule has 0 aromatic rings. The minimum atomic E-state index is -1.44. The number of carboxylic acids is 1. The first kappa shape index (κ1) is 12.9. The van der Waals surface area contributed by atoms with Crippen molar-refractivity contribution < 1.29 is 19.4 Å². The van der Waals surface area contributed by atoms with E-state index in [4.69, 9.17) is 21.3 Å². The van der Waals surface area contributed by atoms with Gasteiger partial charge in [0.05, 0.1) is 0 Å². The largest absolute Gasteiger partial charge is 0.480 e. The van der Waals surface area contributed by atoms with Crippen LogP contribution in [-0.4, -0.2) is 34.7 Å². The molecule has 0 fully saturated rings. The molecule has 0 spiro atoms. The van der Waals surface area contributed by atoms with Gasteiger partial charge in [0.2, 0.25) is 0 Å². The van der Waals surface area contributed by atoms with Crippen molar-refractivity contribution in [3.8, 4) is 0 Å². The zero-order valence-corrected chi connectivity index (χ0v) is 8.48. The van der Waals surface area contributed by atoms with E-state index in [0.29, 0.717) is 0 Å². The molecule has 0 unspecified atom stereocenters. The maximum Gasteiger partial charge on any atom is 0.325 e. The topological polar surface area (TPSA) is 116 Å². The maximum atomic E-state index is 11.2. The zero-order chi connectivity index (χ0) is 11.5. The first-order chi connectivity index (χ1) is 6.15. The van der Waals surface area contributed by atoms with E-state index in [1.807, 2.05) is 0 Å². The Morgan fingerprint density at radius 2 is 1.64 bits per heavy atom. The molecule has 0 aromatic carbocycles. The Balaban J connectivity index is 4.33. The highest BCUT2D eigenvalue weighted by molar-refractivity contribution is 5.86. The van der Waals surface area contributed by atoms with Gasteiger partial charge in [-0.3, -0.25) is 9.59 Å². The number of ether oxygens (including phenoxy) is 1. The third kappa shape index (κ3) is 4.20. The predicted octanol–water partition coefficient (Wildman–Crippen LogP) is -0.933. The molecule has 0 heterocycles. The molecule has 0 saturated heterocycles. The third-order valence-electron chi connectivity index (χ3n) is 1.35. The van der Waals surface area contributed by atoms with Crippen LogP contribution in [0.3, 0.4) is 0 Å². The van der Waals surface area contributed by atoms with Crippen LogP contribution >= 0.6 is 0 Å². The van der Waals surface area contributed by atoms with Gasteiger partial charge in [-0.05, 0) is 20.8 Å². The lowest BCUT2D eigenvalue weighted by atomic mass is 10.1. The number of carbonyl (C=O) groups is 2. The summed E-state index contributed by atoms with van der Waals surface area (Å²) in [5.74, 6) is -2.14. The minimum absolute atomic E-state index is 0.701. The minimum Gasteiger partial charge on any atom is -0.480 e. The summed E-state index contributed by atoms with van der Waals surface area (Å²) in [6.07, 6.45) is 0. The van der Waals surface area contributed by atoms with Gasteiger partial charge in [0.25, 0.3) is 0 Å². The van der Waals surface area contributed by atoms with Crippen LogP contribution in [0.4, 0.5) is 0 Å². The molecule has 82 valence electrons. The summed E-state index contributed by atoms with van der Waals surface area (Å²) in [5, 5.41) is 8.49. The van der Waals surface area contributed by atoms with Crippen molar-refractivity contribution in [2.24, 2.45) is 11.5 Å². The Kier molecular flexibility index (Phi) is 4.03. The van der Waals surface area contributed by atoms with Gasteiger partial charge < -0.3 is 21.3 Å². The third-order valence-corrected chi connectivity index (χ3v) is 1.35. The maximum absolute atomic E-state index is 11.2. The van der Waals surface area contributed by atoms with Crippen molar-refractivity contribution in [2.75, 3.05) is 0 Å². The Morgan fingerprint density at radius 1 is 1.21 bits per heavy atom. The van der Waals surface area contributed by atoms with Crippen molar-refractivity contribution in [2.45, 2.75) is 38.5 Å². The van der Waals surface area contributed by atoms with Crippen LogP contribution in [0.5, 0.6) is 0 Å². The van der Waals surface area contributed by atoms with E-state index >= 15 is 0 Å². The fourth-order valence-electron chi connectivity index (χ4n) is 0.670. The number of aliphatic carboxylic acids is 1. The second kappa shape index (κ2) is 4.39. The quantitative estimate of drug-likeness (QED) is 0.511. The lowest BCUT2D eigenvalue weighted by Crippen LogP contribution is -2.53. The van der Waals surface area contributed by atoms with E-state index in [2.05, 4.69) is 0 Å². The van der Waals surface area contributed by atoms with Crippen LogP contribution in [0.15, 0.2) is 0 Å². The van der Waals surface area contributed by atoms with Gasteiger partial charge in [-0.25, -0.2) is 0 Å². The van der Waals surface area contributed by atoms with Crippen LogP contribution in [0, 0.1) is 0 Å². The molecule has 6 nitrogen and oxygen atoms in total. The standard InChI is InChI=1S/C8H16N2O4/c1-8(2,3)14-7(13)5(10)4(9)6(11)12/h4-5H,9-10H2,1-3H3,(H,11,12)/t4-,5-/m0/s1. The van der Waals surface area contributed by atoms with Gasteiger partial charge in [0.15, 0.2) is 0 Å². The highest BCUT2D eigenvalue weighted by Gasteiger charge is 2.30. The molecule has 6 heteroatoms. The van der Waals surface area contributed by atoms with Gasteiger partial charge in [-0.2, -0.15) is 0 Å². The van der Waals surface area contributed by atoms with E-state index < -0.39 is 29.6 Å². The SMILES string of the molecule is CC(C)(C)OC(=O)[C@@H](N)[C@H](N)C(=O)O. The van der Waals surface area contributed by atoms with E-state index in [0.717, 1.165) is 0 Å². The molecule has 0 rings (SSSR count). The number of nitrogens with two attached hydrogens (primary N) is 2. The predicted molar refractivity (Wildman–Crippen MR) is 49.4 cm³/mol. The highest BCUT2D eigenvalue weighted by atomic mass is 16.6. The molecule has 0 bridgehead atoms. The van der Waals surface area contributed by atoms with Crippen LogP contribution in [0.2, 0.25) is 0 Å². The number of rotatable bonds is 3. The lowest BCUT2D eigenvalue weighted by Gasteiger charge is -2.23. The second-order valence-electron chi connectivity index (χ2n) is 3.92. The molecule has 0 aliphatic rings. The van der Waals surface area contributed by atoms with Crippen molar-refractivity contribution in [3.05, 3.63) is 0 Å². The summed E-state index contributed by atoms with van der Waals surface area (Å²) in [6.45, 7) is 4.97. The molecule has 0 aromatic heterocycles. The Labute approximate surface area is 82.2 Å². The monoisotopic (exact) mass is 204 g/mol. The smallest absolute Gasteiger partial charge is 0.325 e. The number of hydrogen-bond donors (Lipinski definition) is 3. The normalized spacial score (nSPS) is 15.8. The van der Waals surface area contributed by atoms with Crippen molar-refractivity contribution in [1.82, 2.24) is 0 Å². The van der Waals surface area contributed by atoms with Crippen LogP contribution in [-0.2, 0) is 14.3 Å². The van der Waals surface area contributed by atoms with Crippen LogP contribution < -0.4 is 11.5 Å². The molecule has 0 radical (unpaired) electrons. The van der Waals surface area contributed by atoms with Gasteiger partial charge in [-0.1, -0.05) is 0 Å². The number of hydrogen-bond acceptors (Lipinski definition) is 5. The molecule has 5 N–H and O–H groups in total. The summed E-state index contributed by atoms with van der Waals surface area (Å²) in [4.78, 5) is 21.6. The van der Waals surface area contributed by atoms with Gasteiger partial charge in [0, 0.05) is 0 Å². The molecular formula is C8H16N2O4. The second-order valence-corrected chi connectivity index (χ2v) is 3.92. The summed E-state index contributed by atoms with van der Waals surface area (Å²) in [6, 6.07) is -2.78. The molecule has 2 atom stereocenters. The van der Waals surface area contributed by atoms with E-state index in [1.54, 1.807) is 20.8 Å². The average molecular weight is 204 g/mol. The molecule has 14 heavy (non-hydrogen) atoms. The molecule has 0 amide bonds. The Morgan fingerprint density at radius 3 is 1.93 bits per heavy atom. The lowest BCUT2D eigenvalue weighted by molar-refractivity contribution is -0.159. The number of carboxylic acid groups (broad SMARTS) is 1. The van der Waals surface area contributed by atoms with Crippen LogP contribution in [0.25, 0.3) is 0 Å². The van der Waals surface area contributed by atoms with E-state index in [1.165, 1.54) is 0 Å². The average Bonchev–Trinajstić information content (AvgIpc) is 1.98. The van der Waals surface area contributed by atoms with Crippen LogP contribution in [0.1, 0.15) is 20.8 Å². The first-order valence-electron chi connectivity index (χ1n) is 4.12. The number of carbonyl (C=O) groups excluding carboxylic acids is 1. The Bertz CT molecular complexity index is 234. The summed E-state index contributed by atoms with van der Waals surface area (Å²) < 4.78 is 4.86. The molecule has 0 aliphatic heterocycles. The van der Waals surface area contributed by atoms with Crippen molar-refractivity contribution >= 4 is 11.9 Å². The highest BCUT2D eigenvalue weighted by Crippen LogP contribution is 2.08. The summed E-state index contributed by atoms with van der Waals surface area (Å²) >= 11 is 0. The van der Waals surface area contributed by atoms with E-state index in [-0.39, 0.29) is 0 Å². The van der Waals surface area contributed by atoms with Gasteiger partial charge in [0.1, 0.15) is 17.7 Å². The molecule has 0 aliphatic carbocycles. The summed E-state index contributed by atoms with van der Waals surface area (Å²) in [5.41, 5.74) is 9.74. The Hall–Kier alpha value is -1.14. The molecular weight excluding hydrogens is 188 g/mol. The van der Waals surface area contributed by atoms with Crippen molar-refractivity contribution in [1.29, 1.82) is 0 Å². The first-order valence-corrected chi connectivity index (χ1v) is 4.12. The summed E-state index contributed by atoms with van der Waals surface area (Å²) in [7, 11) is 0. The van der Waals surface area contributed by atoms with E-state index in [9.17, 15) is 9.59 Å². The fourth-order valence-corrected chi connectivity index (χ4v) is 0.670. The van der Waals surface area contributed by atoms with Gasteiger partial charge in [-0.15, -0.1) is 0 Å². The van der Waals surface area contributed by atoms with Gasteiger partial charge >= 0.3 is 11.9 Å². The zero-order valence-electron chi connectivity index (χ0n) is 8.48. The van der Waals surface area contributed by atoms with Crippen molar-refractivity contribution in [3.63, 3.8) is 0 Å². The fraction of sp³-hybridized carbons (Fsp3) is 0.750. The molecule has 0 saturated carbocycles. The number of esters is 1.